The number of thioether (sulfide) groups is 1. The zero-order valence-corrected chi connectivity index (χ0v) is 22.1. The van der Waals surface area contributed by atoms with Gasteiger partial charge in [0.2, 0.25) is 11.8 Å². The fraction of sp³-hybridized carbons (Fsp3) is 0.259. The highest BCUT2D eigenvalue weighted by molar-refractivity contribution is 8.00. The Hall–Kier alpha value is -3.63. The second kappa shape index (κ2) is 12.1. The second-order valence-electron chi connectivity index (χ2n) is 8.43. The molecule has 0 radical (unpaired) electrons. The predicted octanol–water partition coefficient (Wildman–Crippen LogP) is 5.56. The molecule has 2 aromatic carbocycles. The van der Waals surface area contributed by atoms with Gasteiger partial charge >= 0.3 is 5.97 Å². The molecule has 1 aliphatic carbocycles. The lowest BCUT2D eigenvalue weighted by molar-refractivity contribution is -0.117. The van der Waals surface area contributed by atoms with E-state index in [0.717, 1.165) is 29.1 Å². The van der Waals surface area contributed by atoms with Crippen LogP contribution in [0.5, 0.6) is 0 Å². The topological polar surface area (TPSA) is 114 Å². The number of hydrogen-bond acceptors (Lipinski definition) is 7. The third-order valence-corrected chi connectivity index (χ3v) is 7.74. The molecular formula is C27H27N3O5S2. The van der Waals surface area contributed by atoms with Crippen molar-refractivity contribution in [3.8, 4) is 0 Å². The fourth-order valence-electron chi connectivity index (χ4n) is 3.54. The van der Waals surface area contributed by atoms with Gasteiger partial charge in [-0.1, -0.05) is 24.3 Å². The van der Waals surface area contributed by atoms with E-state index in [-0.39, 0.29) is 46.6 Å². The molecule has 1 aliphatic rings. The third-order valence-electron chi connectivity index (χ3n) is 5.54. The van der Waals surface area contributed by atoms with Crippen molar-refractivity contribution in [2.24, 2.45) is 5.92 Å². The maximum absolute atomic E-state index is 12.9. The summed E-state index contributed by atoms with van der Waals surface area (Å²) in [7, 11) is 0. The minimum absolute atomic E-state index is 0.0200. The van der Waals surface area contributed by atoms with Crippen LogP contribution in [0.25, 0.3) is 0 Å². The van der Waals surface area contributed by atoms with E-state index in [1.807, 2.05) is 30.3 Å². The van der Waals surface area contributed by atoms with E-state index in [0.29, 0.717) is 21.8 Å². The molecule has 10 heteroatoms. The zero-order valence-electron chi connectivity index (χ0n) is 20.5. The van der Waals surface area contributed by atoms with Crippen molar-refractivity contribution in [2.75, 3.05) is 28.3 Å². The van der Waals surface area contributed by atoms with E-state index in [4.69, 9.17) is 4.74 Å². The van der Waals surface area contributed by atoms with Gasteiger partial charge in [-0.25, -0.2) is 4.79 Å². The van der Waals surface area contributed by atoms with Crippen molar-refractivity contribution in [2.45, 2.75) is 31.6 Å². The molecular weight excluding hydrogens is 510 g/mol. The van der Waals surface area contributed by atoms with E-state index in [1.165, 1.54) is 11.8 Å². The van der Waals surface area contributed by atoms with Crippen LogP contribution in [0.4, 0.5) is 16.4 Å². The number of hydrogen-bond donors (Lipinski definition) is 3. The summed E-state index contributed by atoms with van der Waals surface area (Å²) in [4.78, 5) is 51.6. The smallest absolute Gasteiger partial charge is 0.341 e. The first-order valence-electron chi connectivity index (χ1n) is 11.9. The lowest BCUT2D eigenvalue weighted by Gasteiger charge is -2.08. The summed E-state index contributed by atoms with van der Waals surface area (Å²) >= 11 is 2.34. The number of rotatable bonds is 10. The molecule has 0 spiro atoms. The molecule has 8 nitrogen and oxygen atoms in total. The van der Waals surface area contributed by atoms with Crippen LogP contribution in [0.1, 0.15) is 45.4 Å². The van der Waals surface area contributed by atoms with Gasteiger partial charge in [0.25, 0.3) is 5.91 Å². The molecule has 0 saturated heterocycles. The average Bonchev–Trinajstić information content (AvgIpc) is 3.68. The Morgan fingerprint density at radius 2 is 1.70 bits per heavy atom. The lowest BCUT2D eigenvalue weighted by atomic mass is 10.1. The van der Waals surface area contributed by atoms with Crippen molar-refractivity contribution in [3.63, 3.8) is 0 Å². The number of carbonyl (C=O) groups excluding carboxylic acids is 4. The van der Waals surface area contributed by atoms with Crippen LogP contribution in [0, 0.1) is 12.8 Å². The Labute approximate surface area is 223 Å². The molecule has 3 aromatic rings. The minimum Gasteiger partial charge on any atom is -0.462 e. The Morgan fingerprint density at radius 3 is 2.41 bits per heavy atom. The zero-order chi connectivity index (χ0) is 26.4. The number of ether oxygens (including phenoxy) is 1. The Kier molecular flexibility index (Phi) is 8.62. The van der Waals surface area contributed by atoms with Crippen molar-refractivity contribution in [1.82, 2.24) is 0 Å². The first-order valence-corrected chi connectivity index (χ1v) is 13.7. The minimum atomic E-state index is -0.600. The summed E-state index contributed by atoms with van der Waals surface area (Å²) in [5.41, 5.74) is 1.93. The van der Waals surface area contributed by atoms with Crippen molar-refractivity contribution < 1.29 is 23.9 Å². The quantitative estimate of drug-likeness (QED) is 0.230. The van der Waals surface area contributed by atoms with Gasteiger partial charge in [-0.15, -0.1) is 23.1 Å². The molecule has 1 saturated carbocycles. The number of carbonyl (C=O) groups is 4. The summed E-state index contributed by atoms with van der Waals surface area (Å²) < 4.78 is 5.18. The highest BCUT2D eigenvalue weighted by Crippen LogP contribution is 2.35. The number of amides is 3. The number of anilines is 3. The summed E-state index contributed by atoms with van der Waals surface area (Å²) in [6, 6.07) is 16.3. The molecule has 192 valence electrons. The number of thiophene rings is 1. The third kappa shape index (κ3) is 6.99. The molecule has 3 amide bonds. The lowest BCUT2D eigenvalue weighted by Crippen LogP contribution is -2.16. The molecule has 0 atom stereocenters. The van der Waals surface area contributed by atoms with Crippen LogP contribution in [0.2, 0.25) is 0 Å². The molecule has 1 heterocycles. The Balaban J connectivity index is 1.45. The monoisotopic (exact) mass is 537 g/mol. The van der Waals surface area contributed by atoms with Gasteiger partial charge in [0.15, 0.2) is 0 Å². The Morgan fingerprint density at radius 1 is 0.973 bits per heavy atom. The number of para-hydroxylation sites is 1. The summed E-state index contributed by atoms with van der Waals surface area (Å²) in [5.74, 6) is -1.11. The molecule has 1 aromatic heterocycles. The van der Waals surface area contributed by atoms with Crippen LogP contribution >= 0.6 is 23.1 Å². The molecule has 0 bridgehead atoms. The van der Waals surface area contributed by atoms with E-state index < -0.39 is 5.97 Å². The molecule has 4 rings (SSSR count). The van der Waals surface area contributed by atoms with E-state index in [1.54, 1.807) is 38.1 Å². The SMILES string of the molecule is CCOC(=O)c1c(NC(=O)CSc2cccc(NC(=O)C3CC3)c2)sc(C(=O)Nc2ccccc2)c1C. The predicted molar refractivity (Wildman–Crippen MR) is 147 cm³/mol. The highest BCUT2D eigenvalue weighted by atomic mass is 32.2. The van der Waals surface area contributed by atoms with E-state index in [2.05, 4.69) is 16.0 Å². The van der Waals surface area contributed by atoms with Crippen molar-refractivity contribution >= 4 is 63.2 Å². The van der Waals surface area contributed by atoms with Crippen LogP contribution in [0.3, 0.4) is 0 Å². The van der Waals surface area contributed by atoms with Gasteiger partial charge in [-0.3, -0.25) is 14.4 Å². The van der Waals surface area contributed by atoms with Crippen LogP contribution in [-0.4, -0.2) is 36.1 Å². The van der Waals surface area contributed by atoms with E-state index in [9.17, 15) is 19.2 Å². The molecule has 0 unspecified atom stereocenters. The number of esters is 1. The standard InChI is InChI=1S/C27H27N3O5S2/c1-3-35-27(34)22-16(2)23(25(33)28-18-8-5-4-6-9-18)37-26(22)30-21(31)15-36-20-11-7-10-19(14-20)29-24(32)17-12-13-17/h4-11,14,17H,3,12-13,15H2,1-2H3,(H,28,33)(H,29,32)(H,30,31). The fourth-order valence-corrected chi connectivity index (χ4v) is 5.40. The molecule has 1 fully saturated rings. The van der Waals surface area contributed by atoms with Crippen LogP contribution < -0.4 is 16.0 Å². The molecule has 0 aliphatic heterocycles. The molecule has 3 N–H and O–H groups in total. The van der Waals surface area contributed by atoms with Crippen molar-refractivity contribution in [3.05, 3.63) is 70.6 Å². The maximum atomic E-state index is 12.9. The van der Waals surface area contributed by atoms with Crippen LogP contribution in [-0.2, 0) is 14.3 Å². The van der Waals surface area contributed by atoms with Gasteiger partial charge in [0.05, 0.1) is 22.8 Å². The Bertz CT molecular complexity index is 1320. The van der Waals surface area contributed by atoms with Gasteiger partial charge in [0.1, 0.15) is 5.00 Å². The largest absolute Gasteiger partial charge is 0.462 e. The van der Waals surface area contributed by atoms with Gasteiger partial charge in [-0.05, 0) is 62.6 Å². The first kappa shape index (κ1) is 26.4. The van der Waals surface area contributed by atoms with E-state index >= 15 is 0 Å². The van der Waals surface area contributed by atoms with Crippen LogP contribution in [0.15, 0.2) is 59.5 Å². The van der Waals surface area contributed by atoms with Gasteiger partial charge in [-0.2, -0.15) is 0 Å². The maximum Gasteiger partial charge on any atom is 0.341 e. The first-order chi connectivity index (χ1) is 17.9. The van der Waals surface area contributed by atoms with Gasteiger partial charge in [0, 0.05) is 22.2 Å². The average molecular weight is 538 g/mol. The number of benzene rings is 2. The van der Waals surface area contributed by atoms with Crippen molar-refractivity contribution in [1.29, 1.82) is 0 Å². The summed E-state index contributed by atoms with van der Waals surface area (Å²) in [6.45, 7) is 3.52. The second-order valence-corrected chi connectivity index (χ2v) is 10.5. The number of nitrogens with one attached hydrogen (secondary N) is 3. The normalized spacial score (nSPS) is 12.5. The summed E-state index contributed by atoms with van der Waals surface area (Å²) in [5, 5.41) is 8.76. The summed E-state index contributed by atoms with van der Waals surface area (Å²) in [6.07, 6.45) is 1.85. The molecule has 37 heavy (non-hydrogen) atoms. The van der Waals surface area contributed by atoms with Gasteiger partial charge < -0.3 is 20.7 Å². The highest BCUT2D eigenvalue weighted by Gasteiger charge is 2.29.